The maximum atomic E-state index is 2.62. The van der Waals surface area contributed by atoms with Gasteiger partial charge in [0, 0.05) is 0 Å². The van der Waals surface area contributed by atoms with Crippen molar-refractivity contribution in [2.45, 2.75) is 106 Å². The highest BCUT2D eigenvalue weighted by Crippen LogP contribution is 2.64. The zero-order valence-corrected chi connectivity index (χ0v) is 18.4. The molecular formula is C25H46. The van der Waals surface area contributed by atoms with Gasteiger partial charge in [0.25, 0.3) is 0 Å². The summed E-state index contributed by atoms with van der Waals surface area (Å²) in [4.78, 5) is 0. The van der Waals surface area contributed by atoms with E-state index in [1.54, 1.807) is 32.1 Å². The molecule has 0 aliphatic heterocycles. The SMILES string of the molecule is C/C=C1/CCC2C3CCC4CC(C)CCC4C3CCC12C.CC.CC. The molecular weight excluding hydrogens is 300 g/mol. The summed E-state index contributed by atoms with van der Waals surface area (Å²) < 4.78 is 0. The van der Waals surface area contributed by atoms with Crippen LogP contribution in [-0.4, -0.2) is 0 Å². The molecule has 0 heteroatoms. The maximum Gasteiger partial charge on any atom is -0.00853 e. The van der Waals surface area contributed by atoms with E-state index in [0.717, 1.165) is 35.5 Å². The van der Waals surface area contributed by atoms with Gasteiger partial charge in [-0.1, -0.05) is 59.6 Å². The Bertz CT molecular complexity index is 433. The van der Waals surface area contributed by atoms with Crippen molar-refractivity contribution in [2.24, 2.45) is 40.9 Å². The van der Waals surface area contributed by atoms with E-state index in [1.807, 2.05) is 33.3 Å². The first-order valence-electron chi connectivity index (χ1n) is 11.8. The maximum absolute atomic E-state index is 2.62. The first-order valence-corrected chi connectivity index (χ1v) is 11.8. The third-order valence-electron chi connectivity index (χ3n) is 8.41. The van der Waals surface area contributed by atoms with Crippen molar-refractivity contribution < 1.29 is 0 Å². The van der Waals surface area contributed by atoms with Gasteiger partial charge in [0.2, 0.25) is 0 Å². The highest BCUT2D eigenvalue weighted by molar-refractivity contribution is 5.23. The summed E-state index contributed by atoms with van der Waals surface area (Å²) in [5, 5.41) is 0. The second-order valence-corrected chi connectivity index (χ2v) is 9.16. The molecule has 0 bridgehead atoms. The molecule has 0 nitrogen and oxygen atoms in total. The number of hydrogen-bond donors (Lipinski definition) is 0. The monoisotopic (exact) mass is 346 g/mol. The third-order valence-corrected chi connectivity index (χ3v) is 8.41. The Morgan fingerprint density at radius 1 is 0.840 bits per heavy atom. The lowest BCUT2D eigenvalue weighted by Gasteiger charge is -2.55. The molecule has 0 radical (unpaired) electrons. The van der Waals surface area contributed by atoms with Crippen molar-refractivity contribution in [1.29, 1.82) is 0 Å². The average Bonchev–Trinajstić information content (AvgIpc) is 3.01. The Morgan fingerprint density at radius 3 is 2.20 bits per heavy atom. The quantitative estimate of drug-likeness (QED) is 0.387. The fraction of sp³-hybridized carbons (Fsp3) is 0.920. The molecule has 4 aliphatic rings. The summed E-state index contributed by atoms with van der Waals surface area (Å²) in [5.41, 5.74) is 2.40. The number of hydrogen-bond acceptors (Lipinski definition) is 0. The Hall–Kier alpha value is -0.260. The van der Waals surface area contributed by atoms with Gasteiger partial charge in [0.1, 0.15) is 0 Å². The molecule has 4 fully saturated rings. The van der Waals surface area contributed by atoms with Crippen LogP contribution in [0.2, 0.25) is 0 Å². The smallest absolute Gasteiger partial charge is 0.00853 e. The van der Waals surface area contributed by atoms with Crippen molar-refractivity contribution in [3.63, 3.8) is 0 Å². The van der Waals surface area contributed by atoms with E-state index in [-0.39, 0.29) is 0 Å². The van der Waals surface area contributed by atoms with Crippen LogP contribution in [0.25, 0.3) is 0 Å². The minimum absolute atomic E-state index is 0.588. The fourth-order valence-corrected chi connectivity index (χ4v) is 7.41. The molecule has 0 amide bonds. The van der Waals surface area contributed by atoms with Gasteiger partial charge in [0.15, 0.2) is 0 Å². The standard InChI is InChI=1S/C21H34.2C2H6/c1-4-16-7-10-20-19-9-6-15-13-14(2)5-8-17(15)18(19)11-12-21(16,20)3;2*1-2/h4,14-15,17-20H,5-13H2,1-3H3;2*1-2H3/b16-4-;;. The molecule has 0 aromatic carbocycles. The molecule has 7 unspecified atom stereocenters. The van der Waals surface area contributed by atoms with Crippen LogP contribution in [0.1, 0.15) is 106 Å². The number of rotatable bonds is 0. The van der Waals surface area contributed by atoms with Crippen molar-refractivity contribution in [3.05, 3.63) is 11.6 Å². The average molecular weight is 347 g/mol. The fourth-order valence-electron chi connectivity index (χ4n) is 7.41. The van der Waals surface area contributed by atoms with E-state index >= 15 is 0 Å². The normalized spacial score (nSPS) is 46.6. The van der Waals surface area contributed by atoms with Crippen molar-refractivity contribution in [1.82, 2.24) is 0 Å². The number of fused-ring (bicyclic) bond motifs is 5. The summed E-state index contributed by atoms with van der Waals surface area (Å²) in [6.07, 6.45) is 16.2. The van der Waals surface area contributed by atoms with E-state index in [2.05, 4.69) is 26.8 Å². The van der Waals surface area contributed by atoms with Gasteiger partial charge in [-0.05, 0) is 99.2 Å². The lowest BCUT2D eigenvalue weighted by Crippen LogP contribution is -2.47. The largest absolute Gasteiger partial charge is 0.0879 e. The van der Waals surface area contributed by atoms with Crippen LogP contribution in [0.3, 0.4) is 0 Å². The van der Waals surface area contributed by atoms with Crippen molar-refractivity contribution >= 4 is 0 Å². The first kappa shape index (κ1) is 21.0. The van der Waals surface area contributed by atoms with Crippen LogP contribution in [0, 0.1) is 40.9 Å². The lowest BCUT2D eigenvalue weighted by atomic mass is 9.50. The van der Waals surface area contributed by atoms with Gasteiger partial charge >= 0.3 is 0 Å². The minimum atomic E-state index is 0.588. The molecule has 146 valence electrons. The zero-order chi connectivity index (χ0) is 18.6. The van der Waals surface area contributed by atoms with Gasteiger partial charge < -0.3 is 0 Å². The molecule has 4 rings (SSSR count). The first-order chi connectivity index (χ1) is 12.1. The summed E-state index contributed by atoms with van der Waals surface area (Å²) in [6.45, 7) is 15.4. The molecule has 7 atom stereocenters. The van der Waals surface area contributed by atoms with Crippen LogP contribution >= 0.6 is 0 Å². The van der Waals surface area contributed by atoms with Crippen LogP contribution in [0.15, 0.2) is 11.6 Å². The van der Waals surface area contributed by atoms with Crippen molar-refractivity contribution in [2.75, 3.05) is 0 Å². The van der Waals surface area contributed by atoms with Gasteiger partial charge in [0.05, 0.1) is 0 Å². The van der Waals surface area contributed by atoms with E-state index in [1.165, 1.54) is 25.7 Å². The Morgan fingerprint density at radius 2 is 1.52 bits per heavy atom. The minimum Gasteiger partial charge on any atom is -0.0879 e. The van der Waals surface area contributed by atoms with Crippen LogP contribution in [0.5, 0.6) is 0 Å². The lowest BCUT2D eigenvalue weighted by molar-refractivity contribution is -0.0470. The molecule has 0 saturated heterocycles. The number of allylic oxidation sites excluding steroid dienone is 2. The van der Waals surface area contributed by atoms with Crippen LogP contribution in [-0.2, 0) is 0 Å². The van der Waals surface area contributed by atoms with Gasteiger partial charge in [-0.2, -0.15) is 0 Å². The third kappa shape index (κ3) is 3.74. The second-order valence-electron chi connectivity index (χ2n) is 9.16. The molecule has 0 spiro atoms. The summed E-state index contributed by atoms with van der Waals surface area (Å²) >= 11 is 0. The van der Waals surface area contributed by atoms with Crippen molar-refractivity contribution in [3.8, 4) is 0 Å². The van der Waals surface area contributed by atoms with E-state index in [0.29, 0.717) is 5.41 Å². The van der Waals surface area contributed by atoms with E-state index < -0.39 is 0 Å². The van der Waals surface area contributed by atoms with Gasteiger partial charge in [-0.3, -0.25) is 0 Å². The summed E-state index contributed by atoms with van der Waals surface area (Å²) in [6, 6.07) is 0. The molecule has 0 aromatic heterocycles. The topological polar surface area (TPSA) is 0 Å². The predicted molar refractivity (Wildman–Crippen MR) is 113 cm³/mol. The molecule has 0 aromatic rings. The molecule has 0 N–H and O–H groups in total. The van der Waals surface area contributed by atoms with Crippen LogP contribution in [0.4, 0.5) is 0 Å². The Kier molecular flexibility index (Phi) is 7.66. The summed E-state index contributed by atoms with van der Waals surface area (Å²) in [5.74, 6) is 6.43. The molecule has 4 aliphatic carbocycles. The Balaban J connectivity index is 0.000000528. The Labute approximate surface area is 159 Å². The van der Waals surface area contributed by atoms with Gasteiger partial charge in [-0.15, -0.1) is 0 Å². The zero-order valence-electron chi connectivity index (χ0n) is 18.4. The predicted octanol–water partition coefficient (Wildman–Crippen LogP) is 8.27. The highest BCUT2D eigenvalue weighted by Gasteiger charge is 2.54. The highest BCUT2D eigenvalue weighted by atomic mass is 14.6. The van der Waals surface area contributed by atoms with E-state index in [4.69, 9.17) is 0 Å². The summed E-state index contributed by atoms with van der Waals surface area (Å²) in [7, 11) is 0. The van der Waals surface area contributed by atoms with Crippen LogP contribution < -0.4 is 0 Å². The van der Waals surface area contributed by atoms with E-state index in [9.17, 15) is 0 Å². The molecule has 4 saturated carbocycles. The molecule has 25 heavy (non-hydrogen) atoms. The van der Waals surface area contributed by atoms with Gasteiger partial charge in [-0.25, -0.2) is 0 Å². The second kappa shape index (κ2) is 9.09. The molecule has 0 heterocycles.